The quantitative estimate of drug-likeness (QED) is 0.869. The molecule has 2 rings (SSSR count). The molecule has 0 unspecified atom stereocenters. The maximum absolute atomic E-state index is 11.8. The summed E-state index contributed by atoms with van der Waals surface area (Å²) in [6.07, 6.45) is 0.851. The van der Waals surface area contributed by atoms with Gasteiger partial charge in [0.1, 0.15) is 0 Å². The van der Waals surface area contributed by atoms with Gasteiger partial charge in [-0.3, -0.25) is 9.59 Å². The van der Waals surface area contributed by atoms with Gasteiger partial charge < -0.3 is 10.1 Å². The second kappa shape index (κ2) is 5.83. The van der Waals surface area contributed by atoms with Crippen molar-refractivity contribution in [1.82, 2.24) is 0 Å². The third-order valence-corrected chi connectivity index (χ3v) is 3.75. The molecule has 2 atom stereocenters. The minimum absolute atomic E-state index is 0.0347. The van der Waals surface area contributed by atoms with Crippen molar-refractivity contribution >= 4 is 29.2 Å². The van der Waals surface area contributed by atoms with E-state index in [1.165, 1.54) is 0 Å². The summed E-state index contributed by atoms with van der Waals surface area (Å²) in [6.45, 7) is 5.52. The maximum Gasteiger partial charge on any atom is 0.309 e. The predicted molar refractivity (Wildman–Crippen MR) is 77.8 cm³/mol. The van der Waals surface area contributed by atoms with Crippen molar-refractivity contribution in [1.29, 1.82) is 0 Å². The van der Waals surface area contributed by atoms with Crippen LogP contribution in [0.5, 0.6) is 0 Å². The summed E-state index contributed by atoms with van der Waals surface area (Å²) in [5.74, 6) is -0.327. The van der Waals surface area contributed by atoms with Gasteiger partial charge in [0.15, 0.2) is 6.61 Å². The van der Waals surface area contributed by atoms with Crippen LogP contribution >= 0.6 is 11.6 Å². The van der Waals surface area contributed by atoms with E-state index < -0.39 is 0 Å². The normalized spacial score (nSPS) is 20.4. The van der Waals surface area contributed by atoms with Crippen LogP contribution in [0.1, 0.15) is 24.5 Å². The van der Waals surface area contributed by atoms with Gasteiger partial charge in [-0.2, -0.15) is 0 Å². The SMILES string of the molecule is Cc1cc(C)c(NC(=O)COC(=O)[C@@H]2C[C@@H]2C)c(Cl)c1. The lowest BCUT2D eigenvalue weighted by Crippen LogP contribution is -2.22. The topological polar surface area (TPSA) is 55.4 Å². The number of hydrogen-bond donors (Lipinski definition) is 1. The van der Waals surface area contributed by atoms with E-state index in [0.29, 0.717) is 16.6 Å². The molecule has 1 aliphatic carbocycles. The number of benzene rings is 1. The number of amides is 1. The Bertz CT molecular complexity index is 533. The molecular weight excluding hydrogens is 278 g/mol. The van der Waals surface area contributed by atoms with Crippen LogP contribution in [0.4, 0.5) is 5.69 Å². The van der Waals surface area contributed by atoms with Crippen LogP contribution in [0.3, 0.4) is 0 Å². The highest BCUT2D eigenvalue weighted by atomic mass is 35.5. The fraction of sp³-hybridized carbons (Fsp3) is 0.467. The molecule has 4 nitrogen and oxygen atoms in total. The number of ether oxygens (including phenoxy) is 1. The van der Waals surface area contributed by atoms with Crippen molar-refractivity contribution < 1.29 is 14.3 Å². The zero-order chi connectivity index (χ0) is 14.9. The Morgan fingerprint density at radius 3 is 2.60 bits per heavy atom. The van der Waals surface area contributed by atoms with Crippen molar-refractivity contribution in [3.63, 3.8) is 0 Å². The van der Waals surface area contributed by atoms with E-state index in [2.05, 4.69) is 5.32 Å². The molecule has 1 N–H and O–H groups in total. The van der Waals surface area contributed by atoms with Gasteiger partial charge >= 0.3 is 5.97 Å². The Balaban J connectivity index is 1.90. The first kappa shape index (κ1) is 14.9. The summed E-state index contributed by atoms with van der Waals surface area (Å²) in [5.41, 5.74) is 2.48. The summed E-state index contributed by atoms with van der Waals surface area (Å²) < 4.78 is 4.98. The first-order chi connectivity index (χ1) is 9.38. The molecule has 1 fully saturated rings. The van der Waals surface area contributed by atoms with E-state index in [0.717, 1.165) is 17.5 Å². The number of anilines is 1. The molecule has 1 aromatic rings. The molecule has 0 saturated heterocycles. The van der Waals surface area contributed by atoms with Crippen LogP contribution < -0.4 is 5.32 Å². The lowest BCUT2D eigenvalue weighted by atomic mass is 10.1. The molecule has 1 saturated carbocycles. The molecule has 0 bridgehead atoms. The molecule has 108 valence electrons. The largest absolute Gasteiger partial charge is 0.455 e. The Kier molecular flexibility index (Phi) is 4.33. The van der Waals surface area contributed by atoms with Gasteiger partial charge in [-0.25, -0.2) is 0 Å². The lowest BCUT2D eigenvalue weighted by Gasteiger charge is -2.11. The highest BCUT2D eigenvalue weighted by Gasteiger charge is 2.40. The molecule has 1 amide bonds. The van der Waals surface area contributed by atoms with Gasteiger partial charge in [-0.15, -0.1) is 0 Å². The molecule has 0 spiro atoms. The van der Waals surface area contributed by atoms with Crippen LogP contribution in [-0.2, 0) is 14.3 Å². The van der Waals surface area contributed by atoms with Crippen LogP contribution in [0.2, 0.25) is 5.02 Å². The van der Waals surface area contributed by atoms with Gasteiger partial charge in [-0.1, -0.05) is 24.6 Å². The Morgan fingerprint density at radius 2 is 2.05 bits per heavy atom. The van der Waals surface area contributed by atoms with Crippen molar-refractivity contribution in [2.75, 3.05) is 11.9 Å². The number of aryl methyl sites for hydroxylation is 2. The number of hydrogen-bond acceptors (Lipinski definition) is 3. The number of halogens is 1. The van der Waals surface area contributed by atoms with Gasteiger partial charge in [-0.05, 0) is 43.4 Å². The Morgan fingerprint density at radius 1 is 1.40 bits per heavy atom. The van der Waals surface area contributed by atoms with Crippen LogP contribution in [0, 0.1) is 25.7 Å². The summed E-state index contributed by atoms with van der Waals surface area (Å²) in [7, 11) is 0. The van der Waals surface area contributed by atoms with E-state index in [9.17, 15) is 9.59 Å². The summed E-state index contributed by atoms with van der Waals surface area (Å²) in [4.78, 5) is 23.3. The van der Waals surface area contributed by atoms with E-state index in [1.54, 1.807) is 6.07 Å². The Hall–Kier alpha value is -1.55. The van der Waals surface area contributed by atoms with Crippen molar-refractivity contribution in [2.45, 2.75) is 27.2 Å². The highest BCUT2D eigenvalue weighted by molar-refractivity contribution is 6.34. The molecule has 0 heterocycles. The fourth-order valence-electron chi connectivity index (χ4n) is 2.14. The van der Waals surface area contributed by atoms with E-state index in [4.69, 9.17) is 16.3 Å². The zero-order valence-corrected chi connectivity index (χ0v) is 12.6. The Labute approximate surface area is 123 Å². The smallest absolute Gasteiger partial charge is 0.309 e. The molecule has 1 aromatic carbocycles. The number of esters is 1. The minimum Gasteiger partial charge on any atom is -0.455 e. The summed E-state index contributed by atoms with van der Waals surface area (Å²) in [6, 6.07) is 3.71. The monoisotopic (exact) mass is 295 g/mol. The number of nitrogens with one attached hydrogen (secondary N) is 1. The third kappa shape index (κ3) is 3.51. The first-order valence-corrected chi connectivity index (χ1v) is 6.99. The van der Waals surface area contributed by atoms with Gasteiger partial charge in [0.2, 0.25) is 0 Å². The van der Waals surface area contributed by atoms with Crippen LogP contribution in [-0.4, -0.2) is 18.5 Å². The fourth-order valence-corrected chi connectivity index (χ4v) is 2.51. The van der Waals surface area contributed by atoms with Crippen LogP contribution in [0.15, 0.2) is 12.1 Å². The molecule has 0 aliphatic heterocycles. The van der Waals surface area contributed by atoms with Crippen molar-refractivity contribution in [3.05, 3.63) is 28.3 Å². The van der Waals surface area contributed by atoms with Crippen molar-refractivity contribution in [2.24, 2.45) is 11.8 Å². The van der Waals surface area contributed by atoms with E-state index >= 15 is 0 Å². The van der Waals surface area contributed by atoms with Gasteiger partial charge in [0, 0.05) is 0 Å². The highest BCUT2D eigenvalue weighted by Crippen LogP contribution is 2.38. The first-order valence-electron chi connectivity index (χ1n) is 6.61. The third-order valence-electron chi connectivity index (χ3n) is 3.45. The van der Waals surface area contributed by atoms with E-state index in [-0.39, 0.29) is 24.4 Å². The predicted octanol–water partition coefficient (Wildman–Crippen LogP) is 3.09. The number of carbonyl (C=O) groups excluding carboxylic acids is 2. The average molecular weight is 296 g/mol. The second-order valence-corrected chi connectivity index (χ2v) is 5.82. The van der Waals surface area contributed by atoms with Crippen molar-refractivity contribution in [3.8, 4) is 0 Å². The number of rotatable bonds is 4. The molecule has 1 aliphatic rings. The molecule has 0 aromatic heterocycles. The van der Waals surface area contributed by atoms with E-state index in [1.807, 2.05) is 26.8 Å². The van der Waals surface area contributed by atoms with Gasteiger partial charge in [0.05, 0.1) is 16.6 Å². The average Bonchev–Trinajstić information content (AvgIpc) is 3.08. The van der Waals surface area contributed by atoms with Crippen LogP contribution in [0.25, 0.3) is 0 Å². The number of carbonyl (C=O) groups is 2. The molecule has 5 heteroatoms. The molecule has 20 heavy (non-hydrogen) atoms. The maximum atomic E-state index is 11.8. The molecular formula is C15H18ClNO3. The lowest BCUT2D eigenvalue weighted by molar-refractivity contribution is -0.148. The minimum atomic E-state index is -0.375. The summed E-state index contributed by atoms with van der Waals surface area (Å²) >= 11 is 6.10. The second-order valence-electron chi connectivity index (χ2n) is 5.41. The standard InChI is InChI=1S/C15H18ClNO3/c1-8-4-10(3)14(12(16)5-8)17-13(18)7-20-15(19)11-6-9(11)2/h4-5,9,11H,6-7H2,1-3H3,(H,17,18)/t9-,11+/m0/s1. The van der Waals surface area contributed by atoms with Gasteiger partial charge in [0.25, 0.3) is 5.91 Å². The zero-order valence-electron chi connectivity index (χ0n) is 11.8. The summed E-state index contributed by atoms with van der Waals surface area (Å²) in [5, 5.41) is 3.17. The molecule has 0 radical (unpaired) electrons.